The number of furan rings is 2. The highest BCUT2D eigenvalue weighted by Gasteiger charge is 2.48. The van der Waals surface area contributed by atoms with Gasteiger partial charge in [0.15, 0.2) is 0 Å². The van der Waals surface area contributed by atoms with Crippen LogP contribution in [0.3, 0.4) is 0 Å². The summed E-state index contributed by atoms with van der Waals surface area (Å²) in [5, 5.41) is 27.3. The van der Waals surface area contributed by atoms with Crippen molar-refractivity contribution in [2.75, 3.05) is 0 Å². The number of hydrogen-bond acceptors (Lipinski definition) is 4. The van der Waals surface area contributed by atoms with Gasteiger partial charge in [-0.15, -0.1) is 0 Å². The molecule has 0 saturated heterocycles. The van der Waals surface area contributed by atoms with Crippen LogP contribution >= 0.6 is 0 Å². The Kier molecular flexibility index (Phi) is 5.84. The molecule has 2 atom stereocenters. The number of allylic oxidation sites excluding steroid dienone is 4. The lowest BCUT2D eigenvalue weighted by molar-refractivity contribution is 0.591. The minimum Gasteiger partial charge on any atom is -0.455 e. The van der Waals surface area contributed by atoms with Crippen LogP contribution in [-0.2, 0) is 5.41 Å². The molecule has 10 aromatic rings. The minimum atomic E-state index is -0.852. The molecule has 254 valence electrons. The summed E-state index contributed by atoms with van der Waals surface area (Å²) < 4.78 is 15.6. The third-order valence-electron chi connectivity index (χ3n) is 12.0. The largest absolute Gasteiger partial charge is 0.455 e. The van der Waals surface area contributed by atoms with Crippen molar-refractivity contribution in [1.82, 2.24) is 4.57 Å². The molecule has 0 N–H and O–H groups in total. The molecule has 7 aromatic carbocycles. The van der Waals surface area contributed by atoms with Gasteiger partial charge < -0.3 is 13.4 Å². The van der Waals surface area contributed by atoms with Gasteiger partial charge in [-0.25, -0.2) is 0 Å². The van der Waals surface area contributed by atoms with Gasteiger partial charge in [0.05, 0.1) is 39.8 Å². The number of nitriles is 2. The van der Waals surface area contributed by atoms with Crippen molar-refractivity contribution >= 4 is 65.7 Å². The maximum absolute atomic E-state index is 10.4. The number of rotatable bonds is 3. The molecule has 3 aromatic heterocycles. The normalized spacial score (nSPS) is 17.3. The van der Waals surface area contributed by atoms with Crippen molar-refractivity contribution in [3.8, 4) is 29.0 Å². The van der Waals surface area contributed by atoms with Gasteiger partial charge in [0.1, 0.15) is 22.3 Å². The lowest BCUT2D eigenvalue weighted by Gasteiger charge is -2.36. The first-order chi connectivity index (χ1) is 27.2. The molecule has 0 amide bonds. The molecule has 3 heterocycles. The SMILES string of the molecule is N#CC1=CC(c2cc(C#N)ccc2-n2c3ccccc3c3c4oc5ccccc5c4ccc32)(C2c3ccccc3-c3c2ccc2c3oc3ccccc32)C=C1. The van der Waals surface area contributed by atoms with Crippen LogP contribution in [0.1, 0.15) is 28.2 Å². The summed E-state index contributed by atoms with van der Waals surface area (Å²) in [6.07, 6.45) is 6.22. The smallest absolute Gasteiger partial charge is 0.145 e. The zero-order valence-corrected chi connectivity index (χ0v) is 29.2. The number of nitrogens with zero attached hydrogens (tertiary/aromatic N) is 3. The summed E-state index contributed by atoms with van der Waals surface area (Å²) in [7, 11) is 0. The molecule has 2 unspecified atom stereocenters. The first kappa shape index (κ1) is 29.9. The predicted octanol–water partition coefficient (Wildman–Crippen LogP) is 12.5. The highest BCUT2D eigenvalue weighted by Crippen LogP contribution is 2.59. The Balaban J connectivity index is 1.20. The van der Waals surface area contributed by atoms with E-state index in [0.717, 1.165) is 99.2 Å². The molecular formula is C50H27N3O2. The van der Waals surface area contributed by atoms with E-state index in [1.165, 1.54) is 0 Å². The number of aromatic nitrogens is 1. The summed E-state index contributed by atoms with van der Waals surface area (Å²) in [6.45, 7) is 0. The van der Waals surface area contributed by atoms with E-state index in [9.17, 15) is 10.5 Å². The molecule has 55 heavy (non-hydrogen) atoms. The van der Waals surface area contributed by atoms with E-state index < -0.39 is 5.41 Å². The van der Waals surface area contributed by atoms with Crippen LogP contribution in [0, 0.1) is 22.7 Å². The number of para-hydroxylation sites is 3. The number of hydrogen-bond donors (Lipinski definition) is 0. The third kappa shape index (κ3) is 3.84. The van der Waals surface area contributed by atoms with Gasteiger partial charge in [0.25, 0.3) is 0 Å². The molecular weight excluding hydrogens is 675 g/mol. The van der Waals surface area contributed by atoms with Crippen LogP contribution in [0.2, 0.25) is 0 Å². The van der Waals surface area contributed by atoms with Crippen molar-refractivity contribution in [3.63, 3.8) is 0 Å². The average Bonchev–Trinajstić information content (AvgIpc) is 4.05. The fourth-order valence-electron chi connectivity index (χ4n) is 9.78. The molecule has 0 bridgehead atoms. The Bertz CT molecular complexity index is 3480. The van der Waals surface area contributed by atoms with Crippen molar-refractivity contribution in [2.24, 2.45) is 0 Å². The predicted molar refractivity (Wildman–Crippen MR) is 218 cm³/mol. The van der Waals surface area contributed by atoms with Crippen LogP contribution in [0.4, 0.5) is 0 Å². The van der Waals surface area contributed by atoms with Gasteiger partial charge >= 0.3 is 0 Å². The average molecular weight is 702 g/mol. The van der Waals surface area contributed by atoms with E-state index in [1.807, 2.05) is 54.6 Å². The molecule has 5 heteroatoms. The quantitative estimate of drug-likeness (QED) is 0.184. The third-order valence-corrected chi connectivity index (χ3v) is 12.0. The van der Waals surface area contributed by atoms with Crippen LogP contribution < -0.4 is 0 Å². The van der Waals surface area contributed by atoms with E-state index in [-0.39, 0.29) is 5.92 Å². The van der Waals surface area contributed by atoms with Crippen LogP contribution in [0.25, 0.3) is 82.5 Å². The van der Waals surface area contributed by atoms with Crippen molar-refractivity contribution in [1.29, 1.82) is 10.5 Å². The van der Waals surface area contributed by atoms with Gasteiger partial charge in [0.2, 0.25) is 0 Å². The molecule has 0 saturated carbocycles. The Labute approximate surface area is 314 Å². The summed E-state index contributed by atoms with van der Waals surface area (Å²) in [5.74, 6) is -0.235. The second-order valence-electron chi connectivity index (χ2n) is 14.6. The first-order valence-electron chi connectivity index (χ1n) is 18.4. The van der Waals surface area contributed by atoms with Gasteiger partial charge in [-0.3, -0.25) is 0 Å². The lowest BCUT2D eigenvalue weighted by Crippen LogP contribution is -2.30. The van der Waals surface area contributed by atoms with Crippen LogP contribution in [-0.4, -0.2) is 4.57 Å². The number of fused-ring (bicyclic) bond motifs is 14. The molecule has 5 nitrogen and oxygen atoms in total. The van der Waals surface area contributed by atoms with Gasteiger partial charge in [0, 0.05) is 49.4 Å². The maximum atomic E-state index is 10.4. The topological polar surface area (TPSA) is 78.8 Å². The van der Waals surface area contributed by atoms with Crippen molar-refractivity contribution < 1.29 is 8.83 Å². The summed E-state index contributed by atoms with van der Waals surface area (Å²) in [4.78, 5) is 0. The van der Waals surface area contributed by atoms with Gasteiger partial charge in [-0.05, 0) is 76.9 Å². The van der Waals surface area contributed by atoms with Crippen LogP contribution in [0.5, 0.6) is 0 Å². The lowest BCUT2D eigenvalue weighted by atomic mass is 9.66. The van der Waals surface area contributed by atoms with Crippen molar-refractivity contribution in [3.05, 3.63) is 186 Å². The Morgan fingerprint density at radius 3 is 2.05 bits per heavy atom. The first-order valence-corrected chi connectivity index (χ1v) is 18.4. The number of benzene rings is 7. The van der Waals surface area contributed by atoms with E-state index in [2.05, 4.69) is 120 Å². The van der Waals surface area contributed by atoms with Crippen LogP contribution in [0.15, 0.2) is 172 Å². The highest BCUT2D eigenvalue weighted by atomic mass is 16.3. The van der Waals surface area contributed by atoms with Gasteiger partial charge in [-0.1, -0.05) is 103 Å². The highest BCUT2D eigenvalue weighted by molar-refractivity contribution is 6.24. The zero-order valence-electron chi connectivity index (χ0n) is 29.2. The molecule has 0 fully saturated rings. The molecule has 2 aliphatic carbocycles. The summed E-state index contributed by atoms with van der Waals surface area (Å²) >= 11 is 0. The minimum absolute atomic E-state index is 0.235. The Hall–Kier alpha value is -7.60. The monoisotopic (exact) mass is 701 g/mol. The van der Waals surface area contributed by atoms with Gasteiger partial charge in [-0.2, -0.15) is 10.5 Å². The molecule has 0 aliphatic heterocycles. The zero-order chi connectivity index (χ0) is 36.4. The fraction of sp³-hybridized carbons (Fsp3) is 0.0400. The second kappa shape index (κ2) is 10.7. The second-order valence-corrected chi connectivity index (χ2v) is 14.6. The molecule has 0 spiro atoms. The fourth-order valence-corrected chi connectivity index (χ4v) is 9.78. The van der Waals surface area contributed by atoms with Crippen molar-refractivity contribution in [2.45, 2.75) is 11.3 Å². The molecule has 12 rings (SSSR count). The standard InChI is InChI=1S/C50H27N3O2/c51-27-29-17-21-41(53-40-14-6-3-13-37(40)46-42(53)22-20-36-32-10-5-8-16-44(32)55-49(36)46)39(25-29)50(24-23-30(26-50)28-52)47-34-12-2-1-11-33(34)45-38(47)19-18-35-31-9-4-7-15-43(31)54-48(35)45/h1-26,47H. The maximum Gasteiger partial charge on any atom is 0.145 e. The molecule has 0 radical (unpaired) electrons. The van der Waals surface area contributed by atoms with E-state index >= 15 is 0 Å². The Morgan fingerprint density at radius 1 is 0.582 bits per heavy atom. The van der Waals surface area contributed by atoms with E-state index in [4.69, 9.17) is 8.83 Å². The summed E-state index contributed by atoms with van der Waals surface area (Å²) in [6, 6.07) is 53.0. The van der Waals surface area contributed by atoms with E-state index in [1.54, 1.807) is 0 Å². The molecule has 2 aliphatic rings. The Morgan fingerprint density at radius 2 is 1.27 bits per heavy atom. The van der Waals surface area contributed by atoms with E-state index in [0.29, 0.717) is 11.1 Å². The summed E-state index contributed by atoms with van der Waals surface area (Å²) in [5.41, 5.74) is 12.0.